The SMILES string of the molecule is C[C@H](OC(=O)/C=C/c1ccccc1Cl)C(=O)Nc1ccc(C(N)=O)cc1. The second kappa shape index (κ2) is 8.82. The van der Waals surface area contributed by atoms with E-state index in [1.165, 1.54) is 43.3 Å². The Labute approximate surface area is 155 Å². The lowest BCUT2D eigenvalue weighted by molar-refractivity contribution is -0.148. The Balaban J connectivity index is 1.90. The molecule has 134 valence electrons. The Morgan fingerprint density at radius 1 is 1.12 bits per heavy atom. The van der Waals surface area contributed by atoms with Crippen LogP contribution in [-0.4, -0.2) is 23.9 Å². The molecule has 26 heavy (non-hydrogen) atoms. The number of benzene rings is 2. The number of esters is 1. The minimum atomic E-state index is -1.01. The molecule has 0 saturated carbocycles. The van der Waals surface area contributed by atoms with Crippen LogP contribution in [0.25, 0.3) is 6.08 Å². The fraction of sp³-hybridized carbons (Fsp3) is 0.105. The van der Waals surface area contributed by atoms with Crippen molar-refractivity contribution in [1.82, 2.24) is 0 Å². The molecule has 0 saturated heterocycles. The van der Waals surface area contributed by atoms with Crippen molar-refractivity contribution in [2.45, 2.75) is 13.0 Å². The molecule has 0 heterocycles. The van der Waals surface area contributed by atoms with Gasteiger partial charge in [0.2, 0.25) is 5.91 Å². The fourth-order valence-corrected chi connectivity index (χ4v) is 2.20. The Morgan fingerprint density at radius 2 is 1.77 bits per heavy atom. The lowest BCUT2D eigenvalue weighted by Gasteiger charge is -2.12. The number of nitrogens with one attached hydrogen (secondary N) is 1. The van der Waals surface area contributed by atoms with Gasteiger partial charge in [-0.25, -0.2) is 4.79 Å². The molecule has 2 rings (SSSR count). The maximum atomic E-state index is 12.1. The van der Waals surface area contributed by atoms with E-state index in [1.54, 1.807) is 24.3 Å². The average Bonchev–Trinajstić information content (AvgIpc) is 2.61. The fourth-order valence-electron chi connectivity index (χ4n) is 2.00. The summed E-state index contributed by atoms with van der Waals surface area (Å²) in [5, 5.41) is 3.08. The number of carbonyl (C=O) groups excluding carboxylic acids is 3. The number of halogens is 1. The summed E-state index contributed by atoms with van der Waals surface area (Å²) in [4.78, 5) is 34.9. The highest BCUT2D eigenvalue weighted by molar-refractivity contribution is 6.32. The van der Waals surface area contributed by atoms with Gasteiger partial charge in [0.25, 0.3) is 5.91 Å². The third-order valence-electron chi connectivity index (χ3n) is 3.40. The van der Waals surface area contributed by atoms with Crippen LogP contribution in [0, 0.1) is 0 Å². The molecule has 0 aromatic heterocycles. The van der Waals surface area contributed by atoms with E-state index in [0.29, 0.717) is 21.8 Å². The van der Waals surface area contributed by atoms with Crippen molar-refractivity contribution >= 4 is 41.1 Å². The highest BCUT2D eigenvalue weighted by Crippen LogP contribution is 2.16. The molecule has 0 aliphatic rings. The number of ether oxygens (including phenoxy) is 1. The van der Waals surface area contributed by atoms with Crippen LogP contribution in [0.2, 0.25) is 5.02 Å². The number of rotatable bonds is 6. The number of nitrogens with two attached hydrogens (primary N) is 1. The summed E-state index contributed by atoms with van der Waals surface area (Å²) in [6, 6.07) is 13.1. The van der Waals surface area contributed by atoms with Crippen LogP contribution in [0.3, 0.4) is 0 Å². The normalized spacial score (nSPS) is 11.8. The van der Waals surface area contributed by atoms with Gasteiger partial charge in [-0.05, 0) is 48.9 Å². The van der Waals surface area contributed by atoms with Crippen molar-refractivity contribution in [2.24, 2.45) is 5.73 Å². The first-order chi connectivity index (χ1) is 12.4. The molecule has 7 heteroatoms. The lowest BCUT2D eigenvalue weighted by Crippen LogP contribution is -2.29. The number of hydrogen-bond acceptors (Lipinski definition) is 4. The molecule has 0 fully saturated rings. The number of hydrogen-bond donors (Lipinski definition) is 2. The first kappa shape index (κ1) is 19.2. The van der Waals surface area contributed by atoms with Gasteiger partial charge >= 0.3 is 5.97 Å². The Bertz CT molecular complexity index is 847. The smallest absolute Gasteiger partial charge is 0.331 e. The second-order valence-electron chi connectivity index (χ2n) is 5.36. The van der Waals surface area contributed by atoms with Gasteiger partial charge in [0.05, 0.1) is 0 Å². The van der Waals surface area contributed by atoms with Gasteiger partial charge in [-0.1, -0.05) is 29.8 Å². The van der Waals surface area contributed by atoms with E-state index in [1.807, 2.05) is 0 Å². The van der Waals surface area contributed by atoms with E-state index >= 15 is 0 Å². The molecule has 0 unspecified atom stereocenters. The molecular formula is C19H17ClN2O4. The van der Waals surface area contributed by atoms with E-state index in [2.05, 4.69) is 5.32 Å². The summed E-state index contributed by atoms with van der Waals surface area (Å²) in [5.74, 6) is -1.73. The highest BCUT2D eigenvalue weighted by atomic mass is 35.5. The molecular weight excluding hydrogens is 356 g/mol. The van der Waals surface area contributed by atoms with Crippen LogP contribution in [0.1, 0.15) is 22.8 Å². The van der Waals surface area contributed by atoms with Crippen LogP contribution >= 0.6 is 11.6 Å². The number of primary amides is 1. The summed E-state index contributed by atoms with van der Waals surface area (Å²) in [6.45, 7) is 1.45. The maximum absolute atomic E-state index is 12.1. The van der Waals surface area contributed by atoms with Crippen LogP contribution in [0.4, 0.5) is 5.69 Å². The number of anilines is 1. The monoisotopic (exact) mass is 372 g/mol. The summed E-state index contributed by atoms with van der Waals surface area (Å²) >= 11 is 5.99. The van der Waals surface area contributed by atoms with E-state index in [4.69, 9.17) is 22.1 Å². The van der Waals surface area contributed by atoms with Crippen molar-refractivity contribution in [2.75, 3.05) is 5.32 Å². The summed E-state index contributed by atoms with van der Waals surface area (Å²) in [7, 11) is 0. The largest absolute Gasteiger partial charge is 0.449 e. The molecule has 0 bridgehead atoms. The predicted molar refractivity (Wildman–Crippen MR) is 99.6 cm³/mol. The third-order valence-corrected chi connectivity index (χ3v) is 3.75. The van der Waals surface area contributed by atoms with Crippen molar-refractivity contribution in [1.29, 1.82) is 0 Å². The van der Waals surface area contributed by atoms with E-state index < -0.39 is 23.9 Å². The Kier molecular flexibility index (Phi) is 6.52. The van der Waals surface area contributed by atoms with Gasteiger partial charge in [-0.3, -0.25) is 9.59 Å². The van der Waals surface area contributed by atoms with Crippen molar-refractivity contribution in [3.63, 3.8) is 0 Å². The summed E-state index contributed by atoms with van der Waals surface area (Å²) < 4.78 is 5.05. The zero-order chi connectivity index (χ0) is 19.1. The standard InChI is InChI=1S/C19H17ClN2O4/c1-12(19(25)22-15-9-6-14(7-10-15)18(21)24)26-17(23)11-8-13-4-2-3-5-16(13)20/h2-12H,1H3,(H2,21,24)(H,22,25)/b11-8+/t12-/m0/s1. The van der Waals surface area contributed by atoms with Gasteiger partial charge in [0.15, 0.2) is 6.10 Å². The molecule has 2 aromatic rings. The first-order valence-electron chi connectivity index (χ1n) is 7.71. The summed E-state index contributed by atoms with van der Waals surface area (Å²) in [5.41, 5.74) is 6.59. The topological polar surface area (TPSA) is 98.5 Å². The Morgan fingerprint density at radius 3 is 2.38 bits per heavy atom. The predicted octanol–water partition coefficient (Wildman–Crippen LogP) is 3.02. The molecule has 0 aliphatic heterocycles. The molecule has 6 nitrogen and oxygen atoms in total. The van der Waals surface area contributed by atoms with E-state index in [-0.39, 0.29) is 0 Å². The van der Waals surface area contributed by atoms with Gasteiger partial charge in [0.1, 0.15) is 0 Å². The zero-order valence-corrected chi connectivity index (χ0v) is 14.7. The van der Waals surface area contributed by atoms with Crippen molar-refractivity contribution < 1.29 is 19.1 Å². The van der Waals surface area contributed by atoms with Crippen LogP contribution in [0.15, 0.2) is 54.6 Å². The molecule has 2 aromatic carbocycles. The van der Waals surface area contributed by atoms with Crippen molar-refractivity contribution in [3.05, 3.63) is 70.8 Å². The molecule has 0 radical (unpaired) electrons. The molecule has 2 amide bonds. The first-order valence-corrected chi connectivity index (χ1v) is 8.08. The number of carbonyl (C=O) groups is 3. The van der Waals surface area contributed by atoms with Gasteiger partial charge in [0, 0.05) is 22.3 Å². The molecule has 3 N–H and O–H groups in total. The van der Waals surface area contributed by atoms with E-state index in [9.17, 15) is 14.4 Å². The Hall–Kier alpha value is -3.12. The van der Waals surface area contributed by atoms with Gasteiger partial charge < -0.3 is 15.8 Å². The maximum Gasteiger partial charge on any atom is 0.331 e. The van der Waals surface area contributed by atoms with Crippen LogP contribution in [0.5, 0.6) is 0 Å². The number of amides is 2. The lowest BCUT2D eigenvalue weighted by atomic mass is 10.2. The minimum Gasteiger partial charge on any atom is -0.449 e. The molecule has 1 atom stereocenters. The molecule has 0 aliphatic carbocycles. The second-order valence-corrected chi connectivity index (χ2v) is 5.77. The van der Waals surface area contributed by atoms with E-state index in [0.717, 1.165) is 0 Å². The van der Waals surface area contributed by atoms with Gasteiger partial charge in [-0.2, -0.15) is 0 Å². The van der Waals surface area contributed by atoms with Crippen LogP contribution < -0.4 is 11.1 Å². The van der Waals surface area contributed by atoms with Crippen LogP contribution in [-0.2, 0) is 14.3 Å². The zero-order valence-electron chi connectivity index (χ0n) is 13.9. The van der Waals surface area contributed by atoms with Gasteiger partial charge in [-0.15, -0.1) is 0 Å². The summed E-state index contributed by atoms with van der Waals surface area (Å²) in [6.07, 6.45) is 1.71. The highest BCUT2D eigenvalue weighted by Gasteiger charge is 2.16. The quantitative estimate of drug-likeness (QED) is 0.601. The minimum absolute atomic E-state index is 0.326. The van der Waals surface area contributed by atoms with Crippen molar-refractivity contribution in [3.8, 4) is 0 Å². The third kappa shape index (κ3) is 5.46. The average molecular weight is 373 g/mol. The molecule has 0 spiro atoms.